The molecule has 11 nitrogen and oxygen atoms in total. The molecule has 0 saturated carbocycles. The van der Waals surface area contributed by atoms with Gasteiger partial charge in [-0.05, 0) is 18.2 Å². The quantitative estimate of drug-likeness (QED) is 0.274. The molecular formula is C27H27N7O4. The van der Waals surface area contributed by atoms with Gasteiger partial charge >= 0.3 is 0 Å². The number of hydrogen-bond acceptors (Lipinski definition) is 10. The van der Waals surface area contributed by atoms with Gasteiger partial charge in [-0.15, -0.1) is 0 Å². The second kappa shape index (κ2) is 10.9. The fraction of sp³-hybridized carbons (Fsp3) is 0.185. The lowest BCUT2D eigenvalue weighted by molar-refractivity contribution is 0.324. The van der Waals surface area contributed by atoms with Crippen molar-refractivity contribution in [1.29, 1.82) is 0 Å². The van der Waals surface area contributed by atoms with Gasteiger partial charge < -0.3 is 29.6 Å². The summed E-state index contributed by atoms with van der Waals surface area (Å²) in [4.78, 5) is 18.2. The van der Waals surface area contributed by atoms with E-state index in [2.05, 4.69) is 25.6 Å². The number of imidazole rings is 1. The Morgan fingerprint density at radius 3 is 2.21 bits per heavy atom. The minimum Gasteiger partial charge on any atom is -0.496 e. The lowest BCUT2D eigenvalue weighted by atomic mass is 10.2. The first-order valence-electron chi connectivity index (χ1n) is 11.7. The normalized spacial score (nSPS) is 10.7. The Balaban J connectivity index is 1.50. The number of anilines is 3. The van der Waals surface area contributed by atoms with E-state index in [4.69, 9.17) is 23.9 Å². The average molecular weight is 514 g/mol. The molecule has 11 heteroatoms. The van der Waals surface area contributed by atoms with E-state index in [-0.39, 0.29) is 0 Å². The molecule has 0 radical (unpaired) electrons. The van der Waals surface area contributed by atoms with Crippen LogP contribution >= 0.6 is 0 Å². The summed E-state index contributed by atoms with van der Waals surface area (Å²) >= 11 is 0. The van der Waals surface area contributed by atoms with Gasteiger partial charge in [0.25, 0.3) is 0 Å². The standard InChI is InChI=1S/C27H27N7O4/c1-35-21-12-8-5-9-17(21)15-28-26-32-19-10-6-7-11-20(19)34(26)27-30-16-29-25(33-27)31-18-13-22(36-2)24(38-4)23(14-18)37-3/h5-14,16H,15H2,1-4H3,(H,28,32)(H,29,30,31,33). The molecule has 0 saturated heterocycles. The first kappa shape index (κ1) is 24.6. The number of para-hydroxylation sites is 3. The smallest absolute Gasteiger partial charge is 0.241 e. The van der Waals surface area contributed by atoms with Crippen LogP contribution in [0.4, 0.5) is 17.6 Å². The van der Waals surface area contributed by atoms with Crippen molar-refractivity contribution < 1.29 is 18.9 Å². The first-order valence-corrected chi connectivity index (χ1v) is 11.7. The molecule has 2 heterocycles. The molecule has 0 aliphatic carbocycles. The highest BCUT2D eigenvalue weighted by Gasteiger charge is 2.17. The second-order valence-electron chi connectivity index (χ2n) is 8.07. The van der Waals surface area contributed by atoms with Crippen LogP contribution in [0.2, 0.25) is 0 Å². The number of fused-ring (bicyclic) bond motifs is 1. The number of nitrogens with one attached hydrogen (secondary N) is 2. The van der Waals surface area contributed by atoms with Crippen molar-refractivity contribution in [1.82, 2.24) is 24.5 Å². The predicted molar refractivity (Wildman–Crippen MR) is 144 cm³/mol. The number of rotatable bonds is 10. The number of methoxy groups -OCH3 is 4. The maximum atomic E-state index is 5.49. The molecule has 5 aromatic rings. The molecule has 0 bridgehead atoms. The molecule has 38 heavy (non-hydrogen) atoms. The zero-order valence-corrected chi connectivity index (χ0v) is 21.4. The Bertz CT molecular complexity index is 1550. The second-order valence-corrected chi connectivity index (χ2v) is 8.07. The molecular weight excluding hydrogens is 486 g/mol. The number of hydrogen-bond donors (Lipinski definition) is 2. The van der Waals surface area contributed by atoms with Gasteiger partial charge in [-0.1, -0.05) is 30.3 Å². The largest absolute Gasteiger partial charge is 0.496 e. The van der Waals surface area contributed by atoms with E-state index in [9.17, 15) is 0 Å². The van der Waals surface area contributed by atoms with Crippen LogP contribution in [0, 0.1) is 0 Å². The highest BCUT2D eigenvalue weighted by atomic mass is 16.5. The Morgan fingerprint density at radius 1 is 0.763 bits per heavy atom. The van der Waals surface area contributed by atoms with E-state index in [1.165, 1.54) is 6.33 Å². The van der Waals surface area contributed by atoms with Crippen LogP contribution < -0.4 is 29.6 Å². The van der Waals surface area contributed by atoms with E-state index in [0.717, 1.165) is 22.3 Å². The summed E-state index contributed by atoms with van der Waals surface area (Å²) < 4.78 is 23.7. The van der Waals surface area contributed by atoms with Crippen LogP contribution in [-0.4, -0.2) is 52.9 Å². The minimum absolute atomic E-state index is 0.331. The molecule has 0 atom stereocenters. The Labute approximate surface area is 219 Å². The molecule has 0 amide bonds. The Kier molecular flexibility index (Phi) is 7.07. The molecule has 194 valence electrons. The predicted octanol–water partition coefficient (Wildman–Crippen LogP) is 4.60. The maximum Gasteiger partial charge on any atom is 0.241 e. The molecule has 3 aromatic carbocycles. The van der Waals surface area contributed by atoms with E-state index in [1.807, 2.05) is 53.1 Å². The summed E-state index contributed by atoms with van der Waals surface area (Å²) in [5.74, 6) is 3.61. The zero-order chi connectivity index (χ0) is 26.5. The van der Waals surface area contributed by atoms with E-state index >= 15 is 0 Å². The molecule has 0 fully saturated rings. The van der Waals surface area contributed by atoms with Gasteiger partial charge in [0.15, 0.2) is 11.5 Å². The van der Waals surface area contributed by atoms with Gasteiger partial charge in [0, 0.05) is 29.9 Å². The number of benzene rings is 3. The molecule has 0 aliphatic heterocycles. The third-order valence-corrected chi connectivity index (χ3v) is 5.87. The fourth-order valence-corrected chi connectivity index (χ4v) is 4.11. The molecule has 0 aliphatic rings. The number of ether oxygens (including phenoxy) is 4. The van der Waals surface area contributed by atoms with E-state index in [1.54, 1.807) is 40.6 Å². The Hall–Kier alpha value is -5.06. The monoisotopic (exact) mass is 513 g/mol. The van der Waals surface area contributed by atoms with Gasteiger partial charge in [0.2, 0.25) is 23.6 Å². The topological polar surface area (TPSA) is 117 Å². The highest BCUT2D eigenvalue weighted by molar-refractivity contribution is 5.80. The number of nitrogens with zero attached hydrogens (tertiary/aromatic N) is 5. The molecule has 2 N–H and O–H groups in total. The van der Waals surface area contributed by atoms with Gasteiger partial charge in [-0.25, -0.2) is 19.5 Å². The highest BCUT2D eigenvalue weighted by Crippen LogP contribution is 2.40. The van der Waals surface area contributed by atoms with Crippen molar-refractivity contribution in [2.45, 2.75) is 6.54 Å². The molecule has 2 aromatic heterocycles. The van der Waals surface area contributed by atoms with Gasteiger partial charge in [-0.2, -0.15) is 4.98 Å². The zero-order valence-electron chi connectivity index (χ0n) is 21.4. The van der Waals surface area contributed by atoms with Crippen molar-refractivity contribution in [2.24, 2.45) is 0 Å². The first-order chi connectivity index (χ1) is 18.6. The lowest BCUT2D eigenvalue weighted by Crippen LogP contribution is -2.11. The number of aromatic nitrogens is 5. The van der Waals surface area contributed by atoms with Crippen molar-refractivity contribution in [2.75, 3.05) is 39.1 Å². The SMILES string of the molecule is COc1ccccc1CNc1nc2ccccc2n1-c1ncnc(Nc2cc(OC)c(OC)c(OC)c2)n1. The molecule has 5 rings (SSSR count). The van der Waals surface area contributed by atoms with Crippen molar-refractivity contribution in [3.8, 4) is 28.9 Å². The van der Waals surface area contributed by atoms with Gasteiger partial charge in [-0.3, -0.25) is 0 Å². The van der Waals surface area contributed by atoms with E-state index in [0.29, 0.717) is 47.3 Å². The van der Waals surface area contributed by atoms with Crippen LogP contribution in [0.3, 0.4) is 0 Å². The van der Waals surface area contributed by atoms with Crippen LogP contribution in [-0.2, 0) is 6.54 Å². The van der Waals surface area contributed by atoms with Gasteiger partial charge in [0.1, 0.15) is 12.1 Å². The van der Waals surface area contributed by atoms with Crippen LogP contribution in [0.25, 0.3) is 17.0 Å². The van der Waals surface area contributed by atoms with Crippen LogP contribution in [0.15, 0.2) is 67.0 Å². The summed E-state index contributed by atoms with van der Waals surface area (Å²) in [6.07, 6.45) is 1.45. The van der Waals surface area contributed by atoms with Gasteiger partial charge in [0.05, 0.1) is 39.5 Å². The molecule has 0 spiro atoms. The summed E-state index contributed by atoms with van der Waals surface area (Å²) in [6, 6.07) is 19.2. The average Bonchev–Trinajstić information content (AvgIpc) is 3.34. The van der Waals surface area contributed by atoms with Crippen LogP contribution in [0.5, 0.6) is 23.0 Å². The third kappa shape index (κ3) is 4.81. The molecule has 0 unspecified atom stereocenters. The van der Waals surface area contributed by atoms with Crippen molar-refractivity contribution >= 4 is 28.6 Å². The lowest BCUT2D eigenvalue weighted by Gasteiger charge is -2.15. The Morgan fingerprint density at radius 2 is 1.47 bits per heavy atom. The third-order valence-electron chi connectivity index (χ3n) is 5.87. The summed E-state index contributed by atoms with van der Waals surface area (Å²) in [5, 5.41) is 6.61. The summed E-state index contributed by atoms with van der Waals surface area (Å²) in [5.41, 5.74) is 3.30. The van der Waals surface area contributed by atoms with Crippen molar-refractivity contribution in [3.05, 3.63) is 72.6 Å². The summed E-state index contributed by atoms with van der Waals surface area (Å²) in [7, 11) is 6.33. The maximum absolute atomic E-state index is 5.49. The minimum atomic E-state index is 0.331. The van der Waals surface area contributed by atoms with Crippen molar-refractivity contribution in [3.63, 3.8) is 0 Å². The van der Waals surface area contributed by atoms with Crippen LogP contribution in [0.1, 0.15) is 5.56 Å². The summed E-state index contributed by atoms with van der Waals surface area (Å²) in [6.45, 7) is 0.495. The fourth-order valence-electron chi connectivity index (χ4n) is 4.11. The van der Waals surface area contributed by atoms with E-state index < -0.39 is 0 Å².